The first-order chi connectivity index (χ1) is 5.27. The molecule has 1 amide bonds. The number of nitrogens with two attached hydrogens (primary N) is 1. The maximum Gasteiger partial charge on any atom is 0.217 e. The van der Waals surface area contributed by atoms with E-state index in [2.05, 4.69) is 5.32 Å². The van der Waals surface area contributed by atoms with Crippen molar-refractivity contribution >= 4 is 5.91 Å². The Bertz CT molecular complexity index is 107. The molecule has 0 aliphatic carbocycles. The fourth-order valence-electron chi connectivity index (χ4n) is 0.717. The lowest BCUT2D eigenvalue weighted by Crippen LogP contribution is -2.20. The van der Waals surface area contributed by atoms with Gasteiger partial charge in [-0.25, -0.2) is 0 Å². The van der Waals surface area contributed by atoms with Gasteiger partial charge in [-0.1, -0.05) is 0 Å². The van der Waals surface area contributed by atoms with Gasteiger partial charge in [-0.05, 0) is 25.9 Å². The van der Waals surface area contributed by atoms with Gasteiger partial charge in [0, 0.05) is 13.0 Å². The van der Waals surface area contributed by atoms with Crippen molar-refractivity contribution in [2.24, 2.45) is 5.73 Å². The van der Waals surface area contributed by atoms with Crippen LogP contribution in [0, 0.1) is 0 Å². The lowest BCUT2D eigenvalue weighted by atomic mass is 10.3. The van der Waals surface area contributed by atoms with Crippen molar-refractivity contribution in [1.29, 1.82) is 0 Å². The van der Waals surface area contributed by atoms with E-state index < -0.39 is 0 Å². The molecule has 4 heteroatoms. The normalized spacial score (nSPS) is 9.91. The van der Waals surface area contributed by atoms with Gasteiger partial charge in [-0.3, -0.25) is 4.79 Å². The van der Waals surface area contributed by atoms with E-state index in [0.717, 1.165) is 25.9 Å². The largest absolute Gasteiger partial charge is 0.396 e. The van der Waals surface area contributed by atoms with E-state index in [0.29, 0.717) is 6.42 Å². The smallest absolute Gasteiger partial charge is 0.217 e. The summed E-state index contributed by atoms with van der Waals surface area (Å²) >= 11 is 0. The SMILES string of the molecule is NC(=O)CCCNCCCO. The van der Waals surface area contributed by atoms with Crippen molar-refractivity contribution in [3.05, 3.63) is 0 Å². The second-order valence-electron chi connectivity index (χ2n) is 2.40. The first-order valence-electron chi connectivity index (χ1n) is 3.87. The number of aliphatic hydroxyl groups excluding tert-OH is 1. The van der Waals surface area contributed by atoms with Crippen LogP contribution < -0.4 is 11.1 Å². The number of aliphatic hydroxyl groups is 1. The van der Waals surface area contributed by atoms with Crippen LogP contribution in [0.5, 0.6) is 0 Å². The number of nitrogens with one attached hydrogen (secondary N) is 1. The average molecular weight is 160 g/mol. The van der Waals surface area contributed by atoms with Crippen molar-refractivity contribution in [2.75, 3.05) is 19.7 Å². The van der Waals surface area contributed by atoms with Crippen LogP contribution in [0.15, 0.2) is 0 Å². The molecule has 0 aromatic carbocycles. The third kappa shape index (κ3) is 9.39. The highest BCUT2D eigenvalue weighted by atomic mass is 16.3. The molecule has 0 heterocycles. The summed E-state index contributed by atoms with van der Waals surface area (Å²) in [5.74, 6) is -0.256. The molecule has 0 saturated heterocycles. The standard InChI is InChI=1S/C7H16N2O2/c8-7(11)3-1-4-9-5-2-6-10/h9-10H,1-6H2,(H2,8,11). The molecular weight excluding hydrogens is 144 g/mol. The molecular formula is C7H16N2O2. The molecule has 11 heavy (non-hydrogen) atoms. The summed E-state index contributed by atoms with van der Waals surface area (Å²) in [6, 6.07) is 0. The van der Waals surface area contributed by atoms with E-state index in [4.69, 9.17) is 10.8 Å². The van der Waals surface area contributed by atoms with Crippen molar-refractivity contribution in [1.82, 2.24) is 5.32 Å². The maximum atomic E-state index is 10.2. The Kier molecular flexibility index (Phi) is 7.08. The van der Waals surface area contributed by atoms with Gasteiger partial charge in [0.15, 0.2) is 0 Å². The Labute approximate surface area is 66.8 Å². The quantitative estimate of drug-likeness (QED) is 0.428. The molecule has 0 aromatic rings. The zero-order valence-corrected chi connectivity index (χ0v) is 6.68. The highest BCUT2D eigenvalue weighted by Crippen LogP contribution is 1.84. The zero-order chi connectivity index (χ0) is 8.53. The van der Waals surface area contributed by atoms with Gasteiger partial charge < -0.3 is 16.2 Å². The predicted octanol–water partition coefficient (Wildman–Crippen LogP) is -0.776. The van der Waals surface area contributed by atoms with Crippen molar-refractivity contribution in [2.45, 2.75) is 19.3 Å². The molecule has 66 valence electrons. The number of primary amides is 1. The Morgan fingerprint density at radius 3 is 2.55 bits per heavy atom. The zero-order valence-electron chi connectivity index (χ0n) is 6.68. The summed E-state index contributed by atoms with van der Waals surface area (Å²) in [5, 5.41) is 11.5. The monoisotopic (exact) mass is 160 g/mol. The van der Waals surface area contributed by atoms with Crippen LogP contribution in [0.1, 0.15) is 19.3 Å². The van der Waals surface area contributed by atoms with Crippen LogP contribution in [0.4, 0.5) is 0 Å². The minimum atomic E-state index is -0.256. The molecule has 0 unspecified atom stereocenters. The van der Waals surface area contributed by atoms with Crippen LogP contribution in [0.2, 0.25) is 0 Å². The van der Waals surface area contributed by atoms with Gasteiger partial charge in [-0.15, -0.1) is 0 Å². The van der Waals surface area contributed by atoms with Crippen molar-refractivity contribution in [3.63, 3.8) is 0 Å². The molecule has 4 nitrogen and oxygen atoms in total. The lowest BCUT2D eigenvalue weighted by Gasteiger charge is -2.00. The molecule has 0 aromatic heterocycles. The van der Waals surface area contributed by atoms with E-state index in [1.54, 1.807) is 0 Å². The Morgan fingerprint density at radius 1 is 1.36 bits per heavy atom. The topological polar surface area (TPSA) is 75.4 Å². The Balaban J connectivity index is 2.85. The second kappa shape index (κ2) is 7.50. The Hall–Kier alpha value is -0.610. The van der Waals surface area contributed by atoms with Crippen LogP contribution in [0.3, 0.4) is 0 Å². The molecule has 0 fully saturated rings. The molecule has 0 radical (unpaired) electrons. The average Bonchev–Trinajstić information content (AvgIpc) is 1.96. The van der Waals surface area contributed by atoms with E-state index in [-0.39, 0.29) is 12.5 Å². The van der Waals surface area contributed by atoms with E-state index >= 15 is 0 Å². The molecule has 0 spiro atoms. The van der Waals surface area contributed by atoms with E-state index in [9.17, 15) is 4.79 Å². The summed E-state index contributed by atoms with van der Waals surface area (Å²) in [6.45, 7) is 1.81. The molecule has 0 aliphatic rings. The van der Waals surface area contributed by atoms with Crippen LogP contribution >= 0.6 is 0 Å². The van der Waals surface area contributed by atoms with Gasteiger partial charge in [0.1, 0.15) is 0 Å². The van der Waals surface area contributed by atoms with Crippen molar-refractivity contribution < 1.29 is 9.90 Å². The van der Waals surface area contributed by atoms with Gasteiger partial charge in [0.05, 0.1) is 0 Å². The number of carbonyl (C=O) groups is 1. The number of carbonyl (C=O) groups excluding carboxylic acids is 1. The molecule has 0 bridgehead atoms. The van der Waals surface area contributed by atoms with E-state index in [1.165, 1.54) is 0 Å². The van der Waals surface area contributed by atoms with Crippen LogP contribution in [-0.4, -0.2) is 30.7 Å². The number of hydrogen-bond acceptors (Lipinski definition) is 3. The fourth-order valence-corrected chi connectivity index (χ4v) is 0.717. The fraction of sp³-hybridized carbons (Fsp3) is 0.857. The first-order valence-corrected chi connectivity index (χ1v) is 3.87. The summed E-state index contributed by atoms with van der Waals surface area (Å²) < 4.78 is 0. The summed E-state index contributed by atoms with van der Waals surface area (Å²) in [7, 11) is 0. The molecule has 0 saturated carbocycles. The van der Waals surface area contributed by atoms with E-state index in [1.807, 2.05) is 0 Å². The molecule has 0 aliphatic heterocycles. The Morgan fingerprint density at radius 2 is 2.00 bits per heavy atom. The summed E-state index contributed by atoms with van der Waals surface area (Å²) in [6.07, 6.45) is 1.98. The van der Waals surface area contributed by atoms with Gasteiger partial charge in [0.2, 0.25) is 5.91 Å². The third-order valence-corrected chi connectivity index (χ3v) is 1.29. The van der Waals surface area contributed by atoms with Gasteiger partial charge in [0.25, 0.3) is 0 Å². The van der Waals surface area contributed by atoms with Crippen LogP contribution in [0.25, 0.3) is 0 Å². The van der Waals surface area contributed by atoms with Crippen LogP contribution in [-0.2, 0) is 4.79 Å². The number of amides is 1. The van der Waals surface area contributed by atoms with Gasteiger partial charge >= 0.3 is 0 Å². The summed E-state index contributed by atoms with van der Waals surface area (Å²) in [5.41, 5.74) is 4.93. The third-order valence-electron chi connectivity index (χ3n) is 1.29. The second-order valence-corrected chi connectivity index (χ2v) is 2.40. The highest BCUT2D eigenvalue weighted by Gasteiger charge is 1.92. The molecule has 0 atom stereocenters. The summed E-state index contributed by atoms with van der Waals surface area (Å²) in [4.78, 5) is 10.2. The minimum absolute atomic E-state index is 0.211. The first kappa shape index (κ1) is 10.4. The minimum Gasteiger partial charge on any atom is -0.396 e. The lowest BCUT2D eigenvalue weighted by molar-refractivity contribution is -0.118. The number of hydrogen-bond donors (Lipinski definition) is 3. The highest BCUT2D eigenvalue weighted by molar-refractivity contribution is 5.73. The maximum absolute atomic E-state index is 10.2. The molecule has 0 rings (SSSR count). The van der Waals surface area contributed by atoms with Crippen molar-refractivity contribution in [3.8, 4) is 0 Å². The molecule has 4 N–H and O–H groups in total. The predicted molar refractivity (Wildman–Crippen MR) is 43.0 cm³/mol. The number of rotatable bonds is 7. The van der Waals surface area contributed by atoms with Gasteiger partial charge in [-0.2, -0.15) is 0 Å².